The zero-order valence-electron chi connectivity index (χ0n) is 17.0. The maximum absolute atomic E-state index is 13.8. The van der Waals surface area contributed by atoms with Crippen LogP contribution in [0.4, 0.5) is 4.39 Å². The first-order valence-corrected chi connectivity index (χ1v) is 10.9. The van der Waals surface area contributed by atoms with E-state index in [1.54, 1.807) is 44.2 Å². The summed E-state index contributed by atoms with van der Waals surface area (Å²) >= 11 is 0. The molecular formula is C21H23FN2O6S. The van der Waals surface area contributed by atoms with Crippen molar-refractivity contribution in [3.63, 3.8) is 0 Å². The summed E-state index contributed by atoms with van der Waals surface area (Å²) in [5.41, 5.74) is 0.701. The van der Waals surface area contributed by atoms with E-state index < -0.39 is 57.1 Å². The summed E-state index contributed by atoms with van der Waals surface area (Å²) in [7, 11) is -4.35. The van der Waals surface area contributed by atoms with Crippen molar-refractivity contribution in [1.29, 1.82) is 0 Å². The van der Waals surface area contributed by atoms with E-state index in [4.69, 9.17) is 4.74 Å². The first-order chi connectivity index (χ1) is 14.6. The summed E-state index contributed by atoms with van der Waals surface area (Å²) in [5.74, 6) is -3.98. The van der Waals surface area contributed by atoms with Gasteiger partial charge < -0.3 is 4.74 Å². The lowest BCUT2D eigenvalue weighted by molar-refractivity contribution is -0.152. The van der Waals surface area contributed by atoms with E-state index in [1.807, 2.05) is 0 Å². The van der Waals surface area contributed by atoms with Crippen molar-refractivity contribution in [2.24, 2.45) is 5.92 Å². The number of carbonyl (C=O) groups excluding carboxylic acids is 3. The molecule has 0 aliphatic rings. The minimum Gasteiger partial charge on any atom is -0.454 e. The highest BCUT2D eigenvalue weighted by Gasteiger charge is 2.31. The van der Waals surface area contributed by atoms with Crippen LogP contribution in [0.15, 0.2) is 59.5 Å². The lowest BCUT2D eigenvalue weighted by Gasteiger charge is -2.20. The summed E-state index contributed by atoms with van der Waals surface area (Å²) in [6, 6.07) is 12.1. The minimum atomic E-state index is -4.35. The maximum atomic E-state index is 13.8. The average Bonchev–Trinajstić information content (AvgIpc) is 2.71. The van der Waals surface area contributed by atoms with E-state index in [0.29, 0.717) is 5.56 Å². The number of rotatable bonds is 9. The van der Waals surface area contributed by atoms with Crippen LogP contribution in [0.2, 0.25) is 0 Å². The van der Waals surface area contributed by atoms with Crippen molar-refractivity contribution < 1.29 is 31.9 Å². The quantitative estimate of drug-likeness (QED) is 0.560. The van der Waals surface area contributed by atoms with Crippen molar-refractivity contribution in [2.45, 2.75) is 31.2 Å². The smallest absolute Gasteiger partial charge is 0.324 e. The molecule has 31 heavy (non-hydrogen) atoms. The van der Waals surface area contributed by atoms with E-state index in [2.05, 4.69) is 10.0 Å². The number of ether oxygens (including phenoxy) is 1. The molecule has 2 rings (SSSR count). The monoisotopic (exact) mass is 450 g/mol. The highest BCUT2D eigenvalue weighted by molar-refractivity contribution is 7.89. The van der Waals surface area contributed by atoms with Gasteiger partial charge in [0.05, 0.1) is 6.42 Å². The maximum Gasteiger partial charge on any atom is 0.324 e. The van der Waals surface area contributed by atoms with Crippen LogP contribution in [0.25, 0.3) is 0 Å². The Balaban J connectivity index is 1.94. The molecule has 2 N–H and O–H groups in total. The summed E-state index contributed by atoms with van der Waals surface area (Å²) in [4.78, 5) is 35.5. The molecule has 0 radical (unpaired) electrons. The Labute approximate surface area is 179 Å². The molecule has 0 bridgehead atoms. The highest BCUT2D eigenvalue weighted by Crippen LogP contribution is 2.16. The molecule has 2 amide bonds. The number of nitrogens with one attached hydrogen (secondary N) is 2. The zero-order chi connectivity index (χ0) is 23.0. The lowest BCUT2D eigenvalue weighted by atomic mass is 10.1. The van der Waals surface area contributed by atoms with Crippen LogP contribution >= 0.6 is 0 Å². The molecule has 0 heterocycles. The third kappa shape index (κ3) is 7.26. The Kier molecular flexibility index (Phi) is 8.40. The van der Waals surface area contributed by atoms with E-state index in [1.165, 1.54) is 12.1 Å². The average molecular weight is 450 g/mol. The molecule has 0 aliphatic heterocycles. The van der Waals surface area contributed by atoms with Crippen molar-refractivity contribution in [3.8, 4) is 0 Å². The number of esters is 1. The predicted octanol–water partition coefficient (Wildman–Crippen LogP) is 1.56. The number of carbonyl (C=O) groups is 3. The van der Waals surface area contributed by atoms with Crippen LogP contribution in [-0.2, 0) is 35.6 Å². The number of sulfonamides is 1. The fourth-order valence-electron chi connectivity index (χ4n) is 2.59. The van der Waals surface area contributed by atoms with Crippen LogP contribution in [0.1, 0.15) is 19.4 Å². The lowest BCUT2D eigenvalue weighted by Crippen LogP contribution is -2.46. The fourth-order valence-corrected chi connectivity index (χ4v) is 4.01. The van der Waals surface area contributed by atoms with Gasteiger partial charge in [0.25, 0.3) is 5.91 Å². The van der Waals surface area contributed by atoms with Gasteiger partial charge in [-0.1, -0.05) is 56.3 Å². The normalized spacial score (nSPS) is 12.3. The van der Waals surface area contributed by atoms with Crippen LogP contribution in [-0.4, -0.2) is 38.9 Å². The summed E-state index contributed by atoms with van der Waals surface area (Å²) in [5, 5.41) is 2.09. The summed E-state index contributed by atoms with van der Waals surface area (Å²) in [6.07, 6.45) is -0.0302. The molecule has 0 aliphatic carbocycles. The third-order valence-electron chi connectivity index (χ3n) is 4.16. The first kappa shape index (κ1) is 24.2. The third-order valence-corrected chi connectivity index (χ3v) is 5.64. The van der Waals surface area contributed by atoms with Gasteiger partial charge in [-0.2, -0.15) is 4.72 Å². The van der Waals surface area contributed by atoms with E-state index in [9.17, 15) is 27.2 Å². The van der Waals surface area contributed by atoms with Gasteiger partial charge in [-0.3, -0.25) is 19.7 Å². The van der Waals surface area contributed by atoms with Crippen molar-refractivity contribution in [1.82, 2.24) is 10.0 Å². The Morgan fingerprint density at radius 2 is 1.58 bits per heavy atom. The predicted molar refractivity (Wildman–Crippen MR) is 110 cm³/mol. The van der Waals surface area contributed by atoms with E-state index in [0.717, 1.165) is 12.1 Å². The van der Waals surface area contributed by atoms with Crippen molar-refractivity contribution in [2.75, 3.05) is 6.61 Å². The molecule has 0 saturated carbocycles. The van der Waals surface area contributed by atoms with Gasteiger partial charge in [0.1, 0.15) is 16.8 Å². The largest absolute Gasteiger partial charge is 0.454 e. The number of hydrogen-bond donors (Lipinski definition) is 2. The Morgan fingerprint density at radius 1 is 0.968 bits per heavy atom. The van der Waals surface area contributed by atoms with Gasteiger partial charge in [-0.25, -0.2) is 12.8 Å². The number of halogens is 1. The summed E-state index contributed by atoms with van der Waals surface area (Å²) in [6.45, 7) is 2.34. The van der Waals surface area contributed by atoms with Gasteiger partial charge in [0, 0.05) is 0 Å². The number of imide groups is 1. The van der Waals surface area contributed by atoms with Crippen molar-refractivity contribution >= 4 is 27.8 Å². The second-order valence-electron chi connectivity index (χ2n) is 7.01. The Morgan fingerprint density at radius 3 is 2.19 bits per heavy atom. The summed E-state index contributed by atoms with van der Waals surface area (Å²) < 4.78 is 45.7. The van der Waals surface area contributed by atoms with E-state index in [-0.39, 0.29) is 6.42 Å². The molecule has 166 valence electrons. The molecule has 0 fully saturated rings. The van der Waals surface area contributed by atoms with Gasteiger partial charge in [0.2, 0.25) is 15.9 Å². The standard InChI is InChI=1S/C21H23FN2O6S/c1-14(2)20(24-31(28,29)17-11-7-6-10-16(17)22)21(27)30-13-19(26)23-18(25)12-15-8-4-3-5-9-15/h3-11,14,20,24H,12-13H2,1-2H3,(H,23,25,26)/t20-/m0/s1. The fraction of sp³-hybridized carbons (Fsp3) is 0.286. The molecule has 10 heteroatoms. The minimum absolute atomic E-state index is 0.0302. The van der Waals surface area contributed by atoms with E-state index >= 15 is 0 Å². The Hall–Kier alpha value is -3.11. The molecule has 0 unspecified atom stereocenters. The van der Waals surface area contributed by atoms with Crippen LogP contribution < -0.4 is 10.0 Å². The number of benzene rings is 2. The molecule has 2 aromatic rings. The molecule has 2 aromatic carbocycles. The van der Waals surface area contributed by atoms with Gasteiger partial charge in [-0.05, 0) is 23.6 Å². The second-order valence-corrected chi connectivity index (χ2v) is 8.70. The molecule has 0 aromatic heterocycles. The Bertz CT molecular complexity index is 1040. The van der Waals surface area contributed by atoms with Gasteiger partial charge in [0.15, 0.2) is 6.61 Å². The van der Waals surface area contributed by atoms with Gasteiger partial charge in [-0.15, -0.1) is 0 Å². The topological polar surface area (TPSA) is 119 Å². The molecule has 1 atom stereocenters. The molecule has 0 spiro atoms. The highest BCUT2D eigenvalue weighted by atomic mass is 32.2. The van der Waals surface area contributed by atoms with Crippen LogP contribution in [0.3, 0.4) is 0 Å². The second kappa shape index (κ2) is 10.8. The molecule has 8 nitrogen and oxygen atoms in total. The molecule has 0 saturated heterocycles. The SMILES string of the molecule is CC(C)[C@H](NS(=O)(=O)c1ccccc1F)C(=O)OCC(=O)NC(=O)Cc1ccccc1. The van der Waals surface area contributed by atoms with Crippen LogP contribution in [0.5, 0.6) is 0 Å². The van der Waals surface area contributed by atoms with Gasteiger partial charge >= 0.3 is 5.97 Å². The zero-order valence-corrected chi connectivity index (χ0v) is 17.8. The first-order valence-electron chi connectivity index (χ1n) is 9.40. The number of hydrogen-bond acceptors (Lipinski definition) is 6. The van der Waals surface area contributed by atoms with Crippen LogP contribution in [0, 0.1) is 11.7 Å². The molecular weight excluding hydrogens is 427 g/mol. The van der Waals surface area contributed by atoms with Crippen molar-refractivity contribution in [3.05, 3.63) is 66.0 Å². The number of amides is 2.